The molecule has 0 bridgehead atoms. The molecule has 0 N–H and O–H groups in total. The van der Waals surface area contributed by atoms with Gasteiger partial charge in [0.15, 0.2) is 0 Å². The number of hydrogen-bond acceptors (Lipinski definition) is 4. The molecule has 2 aromatic heterocycles. The zero-order valence-corrected chi connectivity index (χ0v) is 8.61. The van der Waals surface area contributed by atoms with Crippen LogP contribution in [0.5, 0.6) is 0 Å². The SMILES string of the molecule is Cc1ccc2cnc(S(C)(=O)=O)nn12. The van der Waals surface area contributed by atoms with Crippen LogP contribution in [0.2, 0.25) is 0 Å². The van der Waals surface area contributed by atoms with E-state index < -0.39 is 9.84 Å². The van der Waals surface area contributed by atoms with Crippen molar-refractivity contribution in [3.63, 3.8) is 0 Å². The van der Waals surface area contributed by atoms with Crippen molar-refractivity contribution in [1.82, 2.24) is 14.6 Å². The number of aryl methyl sites for hydroxylation is 1. The van der Waals surface area contributed by atoms with Crippen LogP contribution in [0.1, 0.15) is 5.69 Å². The molecule has 0 saturated carbocycles. The summed E-state index contributed by atoms with van der Waals surface area (Å²) >= 11 is 0. The largest absolute Gasteiger partial charge is 0.265 e. The first-order valence-corrected chi connectivity index (χ1v) is 5.89. The molecule has 0 amide bonds. The van der Waals surface area contributed by atoms with Crippen LogP contribution in [0.3, 0.4) is 0 Å². The van der Waals surface area contributed by atoms with Gasteiger partial charge >= 0.3 is 0 Å². The first-order chi connectivity index (χ1) is 6.48. The lowest BCUT2D eigenvalue weighted by Gasteiger charge is -1.99. The third-order valence-corrected chi connectivity index (χ3v) is 2.75. The van der Waals surface area contributed by atoms with Crippen LogP contribution in [0.25, 0.3) is 5.52 Å². The van der Waals surface area contributed by atoms with Crippen molar-refractivity contribution >= 4 is 15.4 Å². The topological polar surface area (TPSA) is 64.3 Å². The van der Waals surface area contributed by atoms with Gasteiger partial charge in [-0.1, -0.05) is 0 Å². The number of sulfone groups is 1. The van der Waals surface area contributed by atoms with Gasteiger partial charge in [0.05, 0.1) is 11.7 Å². The van der Waals surface area contributed by atoms with Crippen LogP contribution < -0.4 is 0 Å². The maximum absolute atomic E-state index is 11.2. The normalized spacial score (nSPS) is 12.1. The highest BCUT2D eigenvalue weighted by molar-refractivity contribution is 7.90. The second kappa shape index (κ2) is 2.78. The molecule has 2 aromatic rings. The van der Waals surface area contributed by atoms with Gasteiger partial charge in [-0.05, 0) is 19.1 Å². The highest BCUT2D eigenvalue weighted by atomic mass is 32.2. The molecular formula is C8H9N3O2S. The van der Waals surface area contributed by atoms with Crippen LogP contribution in [-0.4, -0.2) is 29.3 Å². The molecule has 2 rings (SSSR count). The molecule has 0 aliphatic rings. The van der Waals surface area contributed by atoms with E-state index in [0.29, 0.717) is 0 Å². The van der Waals surface area contributed by atoms with Gasteiger partial charge in [-0.25, -0.2) is 17.9 Å². The van der Waals surface area contributed by atoms with Crippen molar-refractivity contribution in [2.45, 2.75) is 12.1 Å². The van der Waals surface area contributed by atoms with Gasteiger partial charge in [-0.15, -0.1) is 5.10 Å². The Bertz CT molecular complexity index is 586. The number of nitrogens with zero attached hydrogens (tertiary/aromatic N) is 3. The Morgan fingerprint density at radius 1 is 1.36 bits per heavy atom. The molecule has 5 nitrogen and oxygen atoms in total. The average Bonchev–Trinajstić information content (AvgIpc) is 2.46. The summed E-state index contributed by atoms with van der Waals surface area (Å²) in [6.07, 6.45) is 2.59. The average molecular weight is 211 g/mol. The van der Waals surface area contributed by atoms with Crippen molar-refractivity contribution in [2.24, 2.45) is 0 Å². The lowest BCUT2D eigenvalue weighted by atomic mass is 10.5. The van der Waals surface area contributed by atoms with E-state index in [-0.39, 0.29) is 5.16 Å². The Morgan fingerprint density at radius 2 is 2.07 bits per heavy atom. The maximum Gasteiger partial charge on any atom is 0.265 e. The van der Waals surface area contributed by atoms with Crippen molar-refractivity contribution in [3.8, 4) is 0 Å². The summed E-state index contributed by atoms with van der Waals surface area (Å²) in [5, 5.41) is 3.77. The lowest BCUT2D eigenvalue weighted by molar-refractivity contribution is 0.587. The molecule has 0 unspecified atom stereocenters. The Balaban J connectivity index is 2.79. The number of aromatic nitrogens is 3. The van der Waals surface area contributed by atoms with E-state index in [1.807, 2.05) is 19.1 Å². The predicted octanol–water partition coefficient (Wildman–Crippen LogP) is 0.441. The van der Waals surface area contributed by atoms with Crippen molar-refractivity contribution in [3.05, 3.63) is 24.0 Å². The first-order valence-electron chi connectivity index (χ1n) is 4.00. The fourth-order valence-electron chi connectivity index (χ4n) is 1.19. The molecule has 0 aliphatic carbocycles. The second-order valence-electron chi connectivity index (χ2n) is 3.12. The second-order valence-corrected chi connectivity index (χ2v) is 5.03. The molecule has 74 valence electrons. The van der Waals surface area contributed by atoms with Gasteiger partial charge in [0.25, 0.3) is 5.16 Å². The zero-order chi connectivity index (χ0) is 10.3. The van der Waals surface area contributed by atoms with Crippen molar-refractivity contribution in [2.75, 3.05) is 6.26 Å². The van der Waals surface area contributed by atoms with E-state index in [2.05, 4.69) is 10.1 Å². The highest BCUT2D eigenvalue weighted by Gasteiger charge is 2.12. The van der Waals surface area contributed by atoms with Gasteiger partial charge in [0.2, 0.25) is 9.84 Å². The molecule has 0 radical (unpaired) electrons. The van der Waals surface area contributed by atoms with E-state index in [9.17, 15) is 8.42 Å². The molecule has 0 aromatic carbocycles. The van der Waals surface area contributed by atoms with E-state index in [4.69, 9.17) is 0 Å². The van der Waals surface area contributed by atoms with Gasteiger partial charge in [-0.3, -0.25) is 0 Å². The lowest BCUT2D eigenvalue weighted by Crippen LogP contribution is -2.07. The van der Waals surface area contributed by atoms with Crippen molar-refractivity contribution in [1.29, 1.82) is 0 Å². The first kappa shape index (κ1) is 9.14. The molecule has 0 aliphatic heterocycles. The summed E-state index contributed by atoms with van der Waals surface area (Å²) in [7, 11) is -3.33. The van der Waals surface area contributed by atoms with E-state index >= 15 is 0 Å². The van der Waals surface area contributed by atoms with Crippen LogP contribution in [0.15, 0.2) is 23.5 Å². The van der Waals surface area contributed by atoms with Crippen LogP contribution in [-0.2, 0) is 9.84 Å². The molecule has 14 heavy (non-hydrogen) atoms. The fraction of sp³-hybridized carbons (Fsp3) is 0.250. The summed E-state index contributed by atoms with van der Waals surface area (Å²) < 4.78 is 23.9. The summed E-state index contributed by atoms with van der Waals surface area (Å²) in [5.41, 5.74) is 1.67. The molecule has 6 heteroatoms. The summed E-state index contributed by atoms with van der Waals surface area (Å²) in [4.78, 5) is 3.77. The van der Waals surface area contributed by atoms with Crippen LogP contribution >= 0.6 is 0 Å². The number of rotatable bonds is 1. The molecular weight excluding hydrogens is 202 g/mol. The Labute approximate surface area is 81.3 Å². The smallest absolute Gasteiger partial charge is 0.234 e. The van der Waals surface area contributed by atoms with Gasteiger partial charge in [0, 0.05) is 11.9 Å². The minimum Gasteiger partial charge on any atom is -0.234 e. The monoisotopic (exact) mass is 211 g/mol. The molecule has 0 saturated heterocycles. The third kappa shape index (κ3) is 1.37. The van der Waals surface area contributed by atoms with E-state index in [1.54, 1.807) is 4.52 Å². The molecule has 0 atom stereocenters. The Kier molecular flexibility index (Phi) is 1.81. The minimum absolute atomic E-state index is 0.149. The third-order valence-electron chi connectivity index (χ3n) is 1.90. The van der Waals surface area contributed by atoms with Crippen molar-refractivity contribution < 1.29 is 8.42 Å². The van der Waals surface area contributed by atoms with E-state index in [1.165, 1.54) is 6.20 Å². The standard InChI is InChI=1S/C8H9N3O2S/c1-6-3-4-7-5-9-8(10-11(6)7)14(2,12)13/h3-5H,1-2H3. The predicted molar refractivity (Wildman–Crippen MR) is 50.8 cm³/mol. The fourth-order valence-corrected chi connectivity index (χ4v) is 1.66. The minimum atomic E-state index is -3.33. The van der Waals surface area contributed by atoms with Gasteiger partial charge < -0.3 is 0 Å². The highest BCUT2D eigenvalue weighted by Crippen LogP contribution is 2.08. The quantitative estimate of drug-likeness (QED) is 0.686. The van der Waals surface area contributed by atoms with Crippen LogP contribution in [0, 0.1) is 6.92 Å². The Morgan fingerprint density at radius 3 is 2.71 bits per heavy atom. The molecule has 0 spiro atoms. The van der Waals surface area contributed by atoms with Gasteiger partial charge in [0.1, 0.15) is 0 Å². The molecule has 0 fully saturated rings. The summed E-state index contributed by atoms with van der Waals surface area (Å²) in [5.74, 6) is 0. The summed E-state index contributed by atoms with van der Waals surface area (Å²) in [6, 6.07) is 3.69. The number of fused-ring (bicyclic) bond motifs is 1. The summed E-state index contributed by atoms with van der Waals surface area (Å²) in [6.45, 7) is 1.85. The Hall–Kier alpha value is -1.43. The molecule has 2 heterocycles. The maximum atomic E-state index is 11.2. The van der Waals surface area contributed by atoms with Crippen LogP contribution in [0.4, 0.5) is 0 Å². The zero-order valence-electron chi connectivity index (χ0n) is 7.80. The van der Waals surface area contributed by atoms with Gasteiger partial charge in [-0.2, -0.15) is 0 Å². The van der Waals surface area contributed by atoms with E-state index in [0.717, 1.165) is 17.5 Å². The number of hydrogen-bond donors (Lipinski definition) is 0.